The van der Waals surface area contributed by atoms with Gasteiger partial charge in [0.2, 0.25) is 0 Å². The molecule has 5 nitrogen and oxygen atoms in total. The Labute approximate surface area is 161 Å². The van der Waals surface area contributed by atoms with Gasteiger partial charge in [0.25, 0.3) is 0 Å². The summed E-state index contributed by atoms with van der Waals surface area (Å²) in [5.74, 6) is 1.62. The highest BCUT2D eigenvalue weighted by Gasteiger charge is 2.17. The van der Waals surface area contributed by atoms with Crippen molar-refractivity contribution < 1.29 is 0 Å². The number of rotatable bonds is 5. The van der Waals surface area contributed by atoms with E-state index in [1.807, 2.05) is 19.1 Å². The minimum Gasteiger partial charge on any atom is -0.378 e. The Morgan fingerprint density at radius 1 is 1.24 bits per heavy atom. The first-order valence-electron chi connectivity index (χ1n) is 8.83. The molecule has 1 heterocycles. The summed E-state index contributed by atoms with van der Waals surface area (Å²) in [5.41, 5.74) is 7.97. The number of hydrogen-bond donors (Lipinski definition) is 2. The van der Waals surface area contributed by atoms with Gasteiger partial charge < -0.3 is 16.0 Å². The zero-order chi connectivity index (χ0) is 18.2. The van der Waals surface area contributed by atoms with Crippen LogP contribution in [-0.2, 0) is 0 Å². The molecule has 1 saturated heterocycles. The average Bonchev–Trinajstić information content (AvgIpc) is 2.56. The number of hydrogen-bond acceptors (Lipinski definition) is 4. The first kappa shape index (κ1) is 20.0. The van der Waals surface area contributed by atoms with Gasteiger partial charge in [-0.1, -0.05) is 32.5 Å². The molecular formula is C18H29N5S2. The first-order chi connectivity index (χ1) is 12.0. The zero-order valence-corrected chi connectivity index (χ0v) is 17.0. The van der Waals surface area contributed by atoms with E-state index in [2.05, 4.69) is 46.1 Å². The standard InChI is InChI=1S/C18H29N5S2/c1-4-25-17(19)21-18(24)20-15-5-7-16(8-6-15)23-11-9-22(10-12-23)13-14(2)3/h5-8,14H,4,9-13H2,1-3H3,(H3,19,20,21,24). The lowest BCUT2D eigenvalue weighted by molar-refractivity contribution is 0.231. The lowest BCUT2D eigenvalue weighted by Crippen LogP contribution is -2.47. The van der Waals surface area contributed by atoms with Gasteiger partial charge in [0.1, 0.15) is 0 Å². The van der Waals surface area contributed by atoms with Gasteiger partial charge in [-0.05, 0) is 48.2 Å². The molecule has 138 valence electrons. The number of nitrogens with zero attached hydrogens (tertiary/aromatic N) is 3. The van der Waals surface area contributed by atoms with Crippen molar-refractivity contribution in [2.75, 3.05) is 48.7 Å². The number of aliphatic imine (C=N–C) groups is 1. The molecule has 0 unspecified atom stereocenters. The third-order valence-electron chi connectivity index (χ3n) is 3.98. The van der Waals surface area contributed by atoms with Gasteiger partial charge in [0, 0.05) is 44.1 Å². The minimum atomic E-state index is 0.397. The lowest BCUT2D eigenvalue weighted by Gasteiger charge is -2.36. The smallest absolute Gasteiger partial charge is 0.199 e. The fourth-order valence-corrected chi connectivity index (χ4v) is 3.62. The van der Waals surface area contributed by atoms with E-state index in [4.69, 9.17) is 18.0 Å². The predicted molar refractivity (Wildman–Crippen MR) is 116 cm³/mol. The van der Waals surface area contributed by atoms with Crippen molar-refractivity contribution in [1.82, 2.24) is 4.90 Å². The molecule has 1 aliphatic rings. The summed E-state index contributed by atoms with van der Waals surface area (Å²) in [6, 6.07) is 8.36. The van der Waals surface area contributed by atoms with Gasteiger partial charge in [-0.3, -0.25) is 4.90 Å². The number of benzene rings is 1. The van der Waals surface area contributed by atoms with E-state index >= 15 is 0 Å². The molecule has 0 saturated carbocycles. The van der Waals surface area contributed by atoms with E-state index in [0.717, 1.165) is 43.5 Å². The maximum absolute atomic E-state index is 5.78. The Kier molecular flexibility index (Phi) is 7.99. The summed E-state index contributed by atoms with van der Waals surface area (Å²) in [6.07, 6.45) is 0. The van der Waals surface area contributed by atoms with Crippen LogP contribution in [0, 0.1) is 5.92 Å². The van der Waals surface area contributed by atoms with Crippen molar-refractivity contribution >= 4 is 45.6 Å². The second kappa shape index (κ2) is 9.99. The van der Waals surface area contributed by atoms with E-state index in [1.165, 1.54) is 24.0 Å². The largest absolute Gasteiger partial charge is 0.378 e. The molecule has 3 N–H and O–H groups in total. The summed E-state index contributed by atoms with van der Waals surface area (Å²) in [7, 11) is 0. The van der Waals surface area contributed by atoms with Crippen LogP contribution in [0.1, 0.15) is 20.8 Å². The Balaban J connectivity index is 1.86. The van der Waals surface area contributed by atoms with Gasteiger partial charge in [-0.25, -0.2) is 0 Å². The number of thiocarbonyl (C=S) groups is 1. The molecule has 1 aromatic rings. The molecular weight excluding hydrogens is 350 g/mol. The van der Waals surface area contributed by atoms with E-state index in [1.54, 1.807) is 0 Å². The summed E-state index contributed by atoms with van der Waals surface area (Å²) in [6.45, 7) is 12.2. The molecule has 0 spiro atoms. The Bertz CT molecular complexity index is 578. The molecule has 1 aliphatic heterocycles. The molecule has 0 amide bonds. The predicted octanol–water partition coefficient (Wildman–Crippen LogP) is 3.23. The molecule has 0 aliphatic carbocycles. The maximum atomic E-state index is 5.78. The fraction of sp³-hybridized carbons (Fsp3) is 0.556. The van der Waals surface area contributed by atoms with E-state index in [0.29, 0.717) is 10.3 Å². The Morgan fingerprint density at radius 2 is 1.88 bits per heavy atom. The summed E-state index contributed by atoms with van der Waals surface area (Å²) in [5, 5.41) is 4.01. The van der Waals surface area contributed by atoms with Crippen LogP contribution in [0.3, 0.4) is 0 Å². The van der Waals surface area contributed by atoms with Gasteiger partial charge in [-0.15, -0.1) is 0 Å². The van der Waals surface area contributed by atoms with Crippen molar-refractivity contribution in [3.8, 4) is 0 Å². The SMILES string of the molecule is CCS/C(N)=N/C(=S)Nc1ccc(N2CCN(CC(C)C)CC2)cc1. The van der Waals surface area contributed by atoms with Crippen molar-refractivity contribution in [3.63, 3.8) is 0 Å². The highest BCUT2D eigenvalue weighted by molar-refractivity contribution is 8.13. The highest BCUT2D eigenvalue weighted by atomic mass is 32.2. The number of thioether (sulfide) groups is 1. The quantitative estimate of drug-likeness (QED) is 0.465. The summed E-state index contributed by atoms with van der Waals surface area (Å²) in [4.78, 5) is 9.15. The van der Waals surface area contributed by atoms with Crippen molar-refractivity contribution in [1.29, 1.82) is 0 Å². The van der Waals surface area contributed by atoms with Crippen LogP contribution in [-0.4, -0.2) is 53.7 Å². The average molecular weight is 380 g/mol. The van der Waals surface area contributed by atoms with Crippen LogP contribution < -0.4 is 16.0 Å². The third-order valence-corrected chi connectivity index (χ3v) is 4.85. The molecule has 0 atom stereocenters. The molecule has 0 aromatic heterocycles. The molecule has 1 aromatic carbocycles. The molecule has 2 rings (SSSR count). The number of amidine groups is 1. The van der Waals surface area contributed by atoms with Crippen LogP contribution in [0.4, 0.5) is 11.4 Å². The number of nitrogens with two attached hydrogens (primary N) is 1. The molecule has 0 bridgehead atoms. The van der Waals surface area contributed by atoms with E-state index in [9.17, 15) is 0 Å². The van der Waals surface area contributed by atoms with E-state index in [-0.39, 0.29) is 0 Å². The maximum Gasteiger partial charge on any atom is 0.199 e. The van der Waals surface area contributed by atoms with Crippen LogP contribution in [0.25, 0.3) is 0 Å². The second-order valence-electron chi connectivity index (χ2n) is 6.54. The third kappa shape index (κ3) is 6.84. The number of nitrogens with one attached hydrogen (secondary N) is 1. The second-order valence-corrected chi connectivity index (χ2v) is 8.21. The highest BCUT2D eigenvalue weighted by Crippen LogP contribution is 2.20. The number of piperazine rings is 1. The topological polar surface area (TPSA) is 56.9 Å². The monoisotopic (exact) mass is 379 g/mol. The fourth-order valence-electron chi connectivity index (χ4n) is 2.89. The lowest BCUT2D eigenvalue weighted by atomic mass is 10.2. The Hall–Kier alpha value is -1.31. The van der Waals surface area contributed by atoms with Gasteiger partial charge in [0.05, 0.1) is 0 Å². The van der Waals surface area contributed by atoms with Crippen LogP contribution in [0.2, 0.25) is 0 Å². The summed E-state index contributed by atoms with van der Waals surface area (Å²) >= 11 is 6.71. The minimum absolute atomic E-state index is 0.397. The normalized spacial score (nSPS) is 16.3. The van der Waals surface area contributed by atoms with Crippen LogP contribution >= 0.6 is 24.0 Å². The molecule has 7 heteroatoms. The molecule has 1 fully saturated rings. The van der Waals surface area contributed by atoms with Gasteiger partial charge >= 0.3 is 0 Å². The van der Waals surface area contributed by atoms with Crippen LogP contribution in [0.5, 0.6) is 0 Å². The van der Waals surface area contributed by atoms with Crippen molar-refractivity contribution in [3.05, 3.63) is 24.3 Å². The molecule has 25 heavy (non-hydrogen) atoms. The van der Waals surface area contributed by atoms with Gasteiger partial charge in [0.15, 0.2) is 10.3 Å². The van der Waals surface area contributed by atoms with Crippen molar-refractivity contribution in [2.24, 2.45) is 16.6 Å². The van der Waals surface area contributed by atoms with Gasteiger partial charge in [-0.2, -0.15) is 4.99 Å². The number of anilines is 2. The van der Waals surface area contributed by atoms with E-state index < -0.39 is 0 Å². The molecule has 0 radical (unpaired) electrons. The zero-order valence-electron chi connectivity index (χ0n) is 15.4. The van der Waals surface area contributed by atoms with Crippen molar-refractivity contribution in [2.45, 2.75) is 20.8 Å². The van der Waals surface area contributed by atoms with Crippen LogP contribution in [0.15, 0.2) is 29.3 Å². The first-order valence-corrected chi connectivity index (χ1v) is 10.2. The Morgan fingerprint density at radius 3 is 2.44 bits per heavy atom. The summed E-state index contributed by atoms with van der Waals surface area (Å²) < 4.78 is 0.